The lowest BCUT2D eigenvalue weighted by molar-refractivity contribution is 0.833. The van der Waals surface area contributed by atoms with Crippen molar-refractivity contribution in [1.29, 1.82) is 0 Å². The Bertz CT molecular complexity index is 301. The van der Waals surface area contributed by atoms with Crippen LogP contribution >= 0.6 is 38.5 Å². The van der Waals surface area contributed by atoms with Gasteiger partial charge in [0, 0.05) is 14.9 Å². The minimum absolute atomic E-state index is 0.663. The Morgan fingerprint density at radius 2 is 2.33 bits per heavy atom. The van der Waals surface area contributed by atoms with Crippen LogP contribution in [0.1, 0.15) is 15.9 Å². The van der Waals surface area contributed by atoms with Crippen molar-refractivity contribution in [2.75, 3.05) is 11.9 Å². The monoisotopic (exact) mass is 337 g/mol. The van der Waals surface area contributed by atoms with Crippen LogP contribution in [0.4, 0.5) is 5.69 Å². The lowest BCUT2D eigenvalue weighted by atomic mass is 10.0. The minimum atomic E-state index is 0.663. The maximum absolute atomic E-state index is 3.54. The van der Waals surface area contributed by atoms with E-state index < -0.39 is 0 Å². The maximum atomic E-state index is 3.54. The molecule has 1 aromatic carbocycles. The van der Waals surface area contributed by atoms with E-state index in [-0.39, 0.29) is 0 Å². The van der Waals surface area contributed by atoms with E-state index in [9.17, 15) is 0 Å². The van der Waals surface area contributed by atoms with Crippen molar-refractivity contribution in [1.82, 2.24) is 0 Å². The summed E-state index contributed by atoms with van der Waals surface area (Å²) in [6, 6.07) is 6.38. The van der Waals surface area contributed by atoms with Crippen LogP contribution in [0.2, 0.25) is 0 Å². The van der Waals surface area contributed by atoms with Crippen molar-refractivity contribution < 1.29 is 0 Å². The zero-order valence-corrected chi connectivity index (χ0v) is 10.2. The first-order chi connectivity index (χ1) is 5.79. The summed E-state index contributed by atoms with van der Waals surface area (Å²) < 4.78 is 1.85. The third-order valence-electron chi connectivity index (χ3n) is 2.08. The number of rotatable bonds is 0. The molecule has 1 nitrogen and oxygen atoms in total. The van der Waals surface area contributed by atoms with Gasteiger partial charge in [-0.15, -0.1) is 0 Å². The van der Waals surface area contributed by atoms with Crippen LogP contribution in [0.15, 0.2) is 22.7 Å². The molecule has 0 spiro atoms. The third kappa shape index (κ3) is 1.48. The van der Waals surface area contributed by atoms with E-state index >= 15 is 0 Å². The molecule has 0 saturated heterocycles. The first-order valence-corrected chi connectivity index (χ1v) is 5.99. The summed E-state index contributed by atoms with van der Waals surface area (Å²) in [7, 11) is 0. The zero-order chi connectivity index (χ0) is 8.55. The number of alkyl halides is 1. The first kappa shape index (κ1) is 8.81. The van der Waals surface area contributed by atoms with Gasteiger partial charge in [0.25, 0.3) is 0 Å². The quantitative estimate of drug-likeness (QED) is 0.561. The molecule has 1 atom stereocenters. The molecule has 0 saturated carbocycles. The Hall–Kier alpha value is 0.230. The molecule has 0 aliphatic carbocycles. The van der Waals surface area contributed by atoms with Crippen molar-refractivity contribution in [3.63, 3.8) is 0 Å². The number of fused-ring (bicyclic) bond motifs is 1. The minimum Gasteiger partial charge on any atom is -0.384 e. The Morgan fingerprint density at radius 1 is 1.50 bits per heavy atom. The Morgan fingerprint density at radius 3 is 3.08 bits per heavy atom. The van der Waals surface area contributed by atoms with Gasteiger partial charge in [-0.05, 0) is 34.0 Å². The molecule has 0 aromatic heterocycles. The fraction of sp³-hybridized carbons (Fsp3) is 0.333. The number of nitrogens with one attached hydrogen (secondary N) is 1. The highest BCUT2D eigenvalue weighted by Crippen LogP contribution is 2.39. The maximum Gasteiger partial charge on any atom is 0.0527 e. The number of hydrogen-bond donors (Lipinski definition) is 1. The van der Waals surface area contributed by atoms with E-state index in [1.807, 2.05) is 0 Å². The molecular weight excluding hydrogens is 329 g/mol. The predicted molar refractivity (Wildman–Crippen MR) is 64.0 cm³/mol. The summed E-state index contributed by atoms with van der Waals surface area (Å²) in [5.41, 5.74) is 2.71. The number of benzene rings is 1. The van der Waals surface area contributed by atoms with Crippen LogP contribution in [-0.4, -0.2) is 6.54 Å². The van der Waals surface area contributed by atoms with Crippen LogP contribution in [0, 0.1) is 0 Å². The number of hydrogen-bond acceptors (Lipinski definition) is 1. The largest absolute Gasteiger partial charge is 0.384 e. The van der Waals surface area contributed by atoms with Crippen LogP contribution in [0.5, 0.6) is 0 Å². The average molecular weight is 338 g/mol. The van der Waals surface area contributed by atoms with Crippen molar-refractivity contribution in [2.24, 2.45) is 0 Å². The van der Waals surface area contributed by atoms with Crippen LogP contribution < -0.4 is 5.32 Å². The molecule has 3 heteroatoms. The van der Waals surface area contributed by atoms with Gasteiger partial charge in [0.15, 0.2) is 0 Å². The van der Waals surface area contributed by atoms with Gasteiger partial charge < -0.3 is 5.32 Å². The lowest BCUT2D eigenvalue weighted by Gasteiger charge is -2.23. The standard InChI is InChI=1S/C9H9BrIN/c10-7-3-1-2-6-8(11)4-5-12-9(6)7/h1-3,8,12H,4-5H2. The van der Waals surface area contributed by atoms with Crippen LogP contribution in [-0.2, 0) is 0 Å². The summed E-state index contributed by atoms with van der Waals surface area (Å²) in [5.74, 6) is 0. The fourth-order valence-corrected chi connectivity index (χ4v) is 2.82. The highest BCUT2D eigenvalue weighted by Gasteiger charge is 2.18. The molecule has 1 aromatic rings. The molecule has 1 unspecified atom stereocenters. The summed E-state index contributed by atoms with van der Waals surface area (Å²) in [4.78, 5) is 0. The summed E-state index contributed by atoms with van der Waals surface area (Å²) >= 11 is 6.05. The van der Waals surface area contributed by atoms with Gasteiger partial charge >= 0.3 is 0 Å². The number of para-hydroxylation sites is 1. The van der Waals surface area contributed by atoms with E-state index in [1.54, 1.807) is 0 Å². The van der Waals surface area contributed by atoms with Gasteiger partial charge in [-0.25, -0.2) is 0 Å². The predicted octanol–water partition coefficient (Wildman–Crippen LogP) is 3.74. The molecule has 1 heterocycles. The van der Waals surface area contributed by atoms with Gasteiger partial charge in [-0.2, -0.15) is 0 Å². The van der Waals surface area contributed by atoms with E-state index in [0.29, 0.717) is 3.92 Å². The van der Waals surface area contributed by atoms with Gasteiger partial charge in [0.1, 0.15) is 0 Å². The average Bonchev–Trinajstić information content (AvgIpc) is 2.07. The molecule has 1 N–H and O–H groups in total. The molecule has 64 valence electrons. The highest BCUT2D eigenvalue weighted by molar-refractivity contribution is 14.1. The zero-order valence-electron chi connectivity index (χ0n) is 6.48. The third-order valence-corrected chi connectivity index (χ3v) is 4.04. The van der Waals surface area contributed by atoms with Crippen molar-refractivity contribution in [2.45, 2.75) is 10.3 Å². The molecule has 0 amide bonds. The van der Waals surface area contributed by atoms with E-state index in [1.165, 1.54) is 22.1 Å². The van der Waals surface area contributed by atoms with E-state index in [2.05, 4.69) is 62.0 Å². The van der Waals surface area contributed by atoms with Crippen molar-refractivity contribution in [3.05, 3.63) is 28.2 Å². The summed E-state index contributed by atoms with van der Waals surface area (Å²) in [6.45, 7) is 1.09. The molecular formula is C9H9BrIN. The second-order valence-electron chi connectivity index (χ2n) is 2.89. The van der Waals surface area contributed by atoms with Crippen LogP contribution in [0.3, 0.4) is 0 Å². The normalized spacial score (nSPS) is 21.3. The topological polar surface area (TPSA) is 12.0 Å². The Balaban J connectivity index is 2.52. The molecule has 0 fully saturated rings. The number of anilines is 1. The second-order valence-corrected chi connectivity index (χ2v) is 5.24. The van der Waals surface area contributed by atoms with E-state index in [4.69, 9.17) is 0 Å². The van der Waals surface area contributed by atoms with Gasteiger partial charge in [-0.1, -0.05) is 34.7 Å². The molecule has 12 heavy (non-hydrogen) atoms. The van der Waals surface area contributed by atoms with Gasteiger partial charge in [0.05, 0.1) is 5.69 Å². The van der Waals surface area contributed by atoms with Crippen molar-refractivity contribution >= 4 is 44.2 Å². The lowest BCUT2D eigenvalue weighted by Crippen LogP contribution is -2.13. The molecule has 0 radical (unpaired) electrons. The number of halogens is 2. The molecule has 0 bridgehead atoms. The van der Waals surface area contributed by atoms with E-state index in [0.717, 1.165) is 6.54 Å². The molecule has 2 rings (SSSR count). The second kappa shape index (κ2) is 3.54. The summed E-state index contributed by atoms with van der Waals surface area (Å²) in [6.07, 6.45) is 1.23. The smallest absolute Gasteiger partial charge is 0.0527 e. The van der Waals surface area contributed by atoms with Crippen LogP contribution in [0.25, 0.3) is 0 Å². The highest BCUT2D eigenvalue weighted by atomic mass is 127. The first-order valence-electron chi connectivity index (χ1n) is 3.95. The molecule has 1 aliphatic heterocycles. The summed E-state index contributed by atoms with van der Waals surface area (Å²) in [5, 5.41) is 3.41. The van der Waals surface area contributed by atoms with Gasteiger partial charge in [0.2, 0.25) is 0 Å². The van der Waals surface area contributed by atoms with Crippen molar-refractivity contribution in [3.8, 4) is 0 Å². The SMILES string of the molecule is Brc1cccc2c1NCCC2I. The fourth-order valence-electron chi connectivity index (χ4n) is 1.47. The van der Waals surface area contributed by atoms with Gasteiger partial charge in [-0.3, -0.25) is 0 Å². The molecule has 1 aliphatic rings. The Kier molecular flexibility index (Phi) is 2.60. The Labute approximate surface area is 94.2 Å².